The van der Waals surface area contributed by atoms with Gasteiger partial charge in [0, 0.05) is 6.54 Å². The first-order chi connectivity index (χ1) is 14.5. The summed E-state index contributed by atoms with van der Waals surface area (Å²) in [6.07, 6.45) is 4.77. The van der Waals surface area contributed by atoms with Crippen molar-refractivity contribution in [3.63, 3.8) is 0 Å². The highest BCUT2D eigenvalue weighted by molar-refractivity contribution is 5.88. The van der Waals surface area contributed by atoms with Gasteiger partial charge < -0.3 is 15.2 Å². The number of carbonyl (C=O) groups is 2. The van der Waals surface area contributed by atoms with Gasteiger partial charge in [0.1, 0.15) is 12.4 Å². The van der Waals surface area contributed by atoms with Gasteiger partial charge in [-0.3, -0.25) is 10.1 Å². The average Bonchev–Trinajstić information content (AvgIpc) is 2.78. The second-order valence-corrected chi connectivity index (χ2v) is 7.85. The predicted molar refractivity (Wildman–Crippen MR) is 116 cm³/mol. The smallest absolute Gasteiger partial charge is 0.335 e. The van der Waals surface area contributed by atoms with E-state index in [1.165, 1.54) is 0 Å². The van der Waals surface area contributed by atoms with E-state index in [0.29, 0.717) is 13.2 Å². The third-order valence-corrected chi connectivity index (χ3v) is 5.72. The van der Waals surface area contributed by atoms with Crippen molar-refractivity contribution < 1.29 is 19.4 Å². The lowest BCUT2D eigenvalue weighted by molar-refractivity contribution is -0.129. The predicted octanol–water partition coefficient (Wildman–Crippen LogP) is 3.93. The number of hydrogen-bond acceptors (Lipinski definition) is 4. The van der Waals surface area contributed by atoms with E-state index < -0.39 is 11.5 Å². The summed E-state index contributed by atoms with van der Waals surface area (Å²) in [5, 5.41) is 15.6. The molecule has 1 aliphatic carbocycles. The zero-order valence-electron chi connectivity index (χ0n) is 17.4. The van der Waals surface area contributed by atoms with Crippen LogP contribution in [0.2, 0.25) is 0 Å². The molecule has 0 aliphatic heterocycles. The van der Waals surface area contributed by atoms with Crippen LogP contribution in [0.25, 0.3) is 0 Å². The standard InChI is InChI=1S/C24H30N2O4/c1-18(19-10-12-20(13-11-19)22(27)28)26-23(29)24(14-6-3-7-15-24)25-16-17-30-21-8-4-2-5-9-21/h2,4-5,8-13,18,25H,3,6-7,14-17H2,1H3,(H,26,29)(H,27,28). The lowest BCUT2D eigenvalue weighted by Crippen LogP contribution is -2.59. The number of aromatic carboxylic acids is 1. The second-order valence-electron chi connectivity index (χ2n) is 7.85. The lowest BCUT2D eigenvalue weighted by Gasteiger charge is -2.37. The second kappa shape index (κ2) is 10.3. The van der Waals surface area contributed by atoms with E-state index in [9.17, 15) is 9.59 Å². The molecule has 0 aromatic heterocycles. The van der Waals surface area contributed by atoms with Crippen molar-refractivity contribution in [2.24, 2.45) is 0 Å². The summed E-state index contributed by atoms with van der Waals surface area (Å²) in [4.78, 5) is 24.3. The number of rotatable bonds is 9. The van der Waals surface area contributed by atoms with Gasteiger partial charge in [0.05, 0.1) is 17.1 Å². The quantitative estimate of drug-likeness (QED) is 0.545. The molecule has 3 rings (SSSR count). The Labute approximate surface area is 177 Å². The van der Waals surface area contributed by atoms with Gasteiger partial charge in [0.25, 0.3) is 0 Å². The molecule has 0 heterocycles. The molecule has 0 spiro atoms. The molecule has 30 heavy (non-hydrogen) atoms. The van der Waals surface area contributed by atoms with Crippen LogP contribution in [-0.2, 0) is 4.79 Å². The number of carboxylic acid groups (broad SMARTS) is 1. The van der Waals surface area contributed by atoms with Crippen molar-refractivity contribution in [1.29, 1.82) is 0 Å². The van der Waals surface area contributed by atoms with Crippen LogP contribution in [0.4, 0.5) is 0 Å². The number of para-hydroxylation sites is 1. The van der Waals surface area contributed by atoms with Gasteiger partial charge in [-0.05, 0) is 49.6 Å². The van der Waals surface area contributed by atoms with Crippen molar-refractivity contribution >= 4 is 11.9 Å². The Kier molecular flexibility index (Phi) is 7.46. The summed E-state index contributed by atoms with van der Waals surface area (Å²) in [6, 6.07) is 16.1. The lowest BCUT2D eigenvalue weighted by atomic mass is 9.80. The van der Waals surface area contributed by atoms with Crippen LogP contribution in [0.1, 0.15) is 61.0 Å². The van der Waals surface area contributed by atoms with Crippen molar-refractivity contribution in [3.05, 3.63) is 65.7 Å². The number of hydrogen-bond donors (Lipinski definition) is 3. The molecular formula is C24H30N2O4. The maximum absolute atomic E-state index is 13.2. The fraction of sp³-hybridized carbons (Fsp3) is 0.417. The summed E-state index contributed by atoms with van der Waals surface area (Å²) in [7, 11) is 0. The first-order valence-corrected chi connectivity index (χ1v) is 10.6. The van der Waals surface area contributed by atoms with Crippen molar-refractivity contribution in [2.45, 2.75) is 50.6 Å². The zero-order valence-corrected chi connectivity index (χ0v) is 17.4. The van der Waals surface area contributed by atoms with E-state index in [2.05, 4.69) is 10.6 Å². The van der Waals surface area contributed by atoms with E-state index in [1.54, 1.807) is 24.3 Å². The highest BCUT2D eigenvalue weighted by Crippen LogP contribution is 2.29. The summed E-state index contributed by atoms with van der Waals surface area (Å²) < 4.78 is 5.76. The number of carbonyl (C=O) groups excluding carboxylic acids is 1. The summed E-state index contributed by atoms with van der Waals surface area (Å²) in [5.74, 6) is -0.141. The minimum Gasteiger partial charge on any atom is -0.492 e. The van der Waals surface area contributed by atoms with Gasteiger partial charge in [0.15, 0.2) is 0 Å². The molecule has 2 aromatic carbocycles. The molecule has 1 fully saturated rings. The van der Waals surface area contributed by atoms with E-state index in [1.807, 2.05) is 37.3 Å². The van der Waals surface area contributed by atoms with Crippen LogP contribution in [-0.4, -0.2) is 35.7 Å². The summed E-state index contributed by atoms with van der Waals surface area (Å²) in [6.45, 7) is 3.00. The van der Waals surface area contributed by atoms with Gasteiger partial charge in [0.2, 0.25) is 5.91 Å². The van der Waals surface area contributed by atoms with Crippen LogP contribution >= 0.6 is 0 Å². The number of carboxylic acids is 1. The Morgan fingerprint density at radius 1 is 1.03 bits per heavy atom. The fourth-order valence-electron chi connectivity index (χ4n) is 3.95. The monoisotopic (exact) mass is 410 g/mol. The molecule has 1 atom stereocenters. The molecule has 3 N–H and O–H groups in total. The Hall–Kier alpha value is -2.86. The summed E-state index contributed by atoms with van der Waals surface area (Å²) in [5.41, 5.74) is 0.529. The number of amides is 1. The van der Waals surface area contributed by atoms with Crippen molar-refractivity contribution in [2.75, 3.05) is 13.2 Å². The first-order valence-electron chi connectivity index (χ1n) is 10.6. The van der Waals surface area contributed by atoms with Crippen LogP contribution in [0, 0.1) is 0 Å². The van der Waals surface area contributed by atoms with Crippen LogP contribution in [0.3, 0.4) is 0 Å². The number of nitrogens with one attached hydrogen (secondary N) is 2. The van der Waals surface area contributed by atoms with Gasteiger partial charge in [-0.2, -0.15) is 0 Å². The molecular weight excluding hydrogens is 380 g/mol. The van der Waals surface area contributed by atoms with E-state index in [-0.39, 0.29) is 17.5 Å². The maximum Gasteiger partial charge on any atom is 0.335 e. The molecule has 1 amide bonds. The molecule has 1 unspecified atom stereocenters. The maximum atomic E-state index is 13.2. The molecule has 6 heteroatoms. The molecule has 160 valence electrons. The topological polar surface area (TPSA) is 87.7 Å². The van der Waals surface area contributed by atoms with E-state index in [0.717, 1.165) is 43.4 Å². The van der Waals surface area contributed by atoms with Crippen LogP contribution < -0.4 is 15.4 Å². The SMILES string of the molecule is CC(NC(=O)C1(NCCOc2ccccc2)CCCCC1)c1ccc(C(=O)O)cc1. The molecule has 6 nitrogen and oxygen atoms in total. The first kappa shape index (κ1) is 21.8. The summed E-state index contributed by atoms with van der Waals surface area (Å²) >= 11 is 0. The third-order valence-electron chi connectivity index (χ3n) is 5.72. The minimum absolute atomic E-state index is 0.00303. The van der Waals surface area contributed by atoms with Gasteiger partial charge in [-0.25, -0.2) is 4.79 Å². The molecule has 0 radical (unpaired) electrons. The van der Waals surface area contributed by atoms with Crippen LogP contribution in [0.15, 0.2) is 54.6 Å². The molecule has 0 bridgehead atoms. The Balaban J connectivity index is 1.59. The van der Waals surface area contributed by atoms with Gasteiger partial charge in [-0.15, -0.1) is 0 Å². The van der Waals surface area contributed by atoms with Crippen molar-refractivity contribution in [3.8, 4) is 5.75 Å². The highest BCUT2D eigenvalue weighted by atomic mass is 16.5. The van der Waals surface area contributed by atoms with Gasteiger partial charge in [-0.1, -0.05) is 49.6 Å². The van der Waals surface area contributed by atoms with Crippen molar-refractivity contribution in [1.82, 2.24) is 10.6 Å². The Morgan fingerprint density at radius 3 is 2.33 bits per heavy atom. The zero-order chi connectivity index (χ0) is 21.4. The van der Waals surface area contributed by atoms with Gasteiger partial charge >= 0.3 is 5.97 Å². The van der Waals surface area contributed by atoms with Crippen LogP contribution in [0.5, 0.6) is 5.75 Å². The number of ether oxygens (including phenoxy) is 1. The van der Waals surface area contributed by atoms with E-state index >= 15 is 0 Å². The average molecular weight is 411 g/mol. The van der Waals surface area contributed by atoms with E-state index in [4.69, 9.17) is 9.84 Å². The normalized spacial score (nSPS) is 16.4. The molecule has 1 saturated carbocycles. The minimum atomic E-state index is -0.957. The third kappa shape index (κ3) is 5.60. The largest absolute Gasteiger partial charge is 0.492 e. The fourth-order valence-corrected chi connectivity index (χ4v) is 3.95. The molecule has 2 aromatic rings. The Morgan fingerprint density at radius 2 is 1.70 bits per heavy atom. The molecule has 0 saturated heterocycles. The number of benzene rings is 2. The Bertz CT molecular complexity index is 830. The highest BCUT2D eigenvalue weighted by Gasteiger charge is 2.39. The molecule has 1 aliphatic rings.